The third kappa shape index (κ3) is 5.04. The third-order valence-corrected chi connectivity index (χ3v) is 4.78. The number of aliphatic hydroxyl groups is 1. The molecule has 4 nitrogen and oxygen atoms in total. The molecule has 0 heterocycles. The van der Waals surface area contributed by atoms with Crippen LogP contribution in [0.4, 0.5) is 13.2 Å². The molecule has 0 amide bonds. The number of nitrogens with zero attached hydrogens (tertiary/aromatic N) is 1. The molecule has 0 aromatic heterocycles. The van der Waals surface area contributed by atoms with Crippen molar-refractivity contribution in [2.75, 3.05) is 6.54 Å². The molecule has 22 heavy (non-hydrogen) atoms. The van der Waals surface area contributed by atoms with E-state index in [0.717, 1.165) is 25.7 Å². The van der Waals surface area contributed by atoms with Gasteiger partial charge in [-0.15, -0.1) is 0 Å². The van der Waals surface area contributed by atoms with Crippen molar-refractivity contribution in [1.29, 1.82) is 0 Å². The fraction of sp³-hybridized carbons (Fsp3) is 0.933. The fourth-order valence-corrected chi connectivity index (χ4v) is 3.50. The lowest BCUT2D eigenvalue weighted by atomic mass is 9.78. The van der Waals surface area contributed by atoms with Crippen LogP contribution >= 0.6 is 0 Å². The number of nitrogens with one attached hydrogen (secondary N) is 1. The Morgan fingerprint density at radius 1 is 1.18 bits per heavy atom. The van der Waals surface area contributed by atoms with Crippen molar-refractivity contribution in [3.8, 4) is 0 Å². The summed E-state index contributed by atoms with van der Waals surface area (Å²) in [5.74, 6) is -1.21. The summed E-state index contributed by atoms with van der Waals surface area (Å²) < 4.78 is 38.4. The molecule has 2 saturated carbocycles. The zero-order valence-electron chi connectivity index (χ0n) is 12.8. The average Bonchev–Trinajstić information content (AvgIpc) is 2.46. The van der Waals surface area contributed by atoms with Crippen molar-refractivity contribution >= 4 is 5.96 Å². The first-order valence-electron chi connectivity index (χ1n) is 8.14. The first kappa shape index (κ1) is 17.4. The number of rotatable bonds is 3. The van der Waals surface area contributed by atoms with Crippen LogP contribution in [0.1, 0.15) is 57.8 Å². The van der Waals surface area contributed by atoms with Gasteiger partial charge in [-0.2, -0.15) is 13.2 Å². The van der Waals surface area contributed by atoms with Gasteiger partial charge in [0.15, 0.2) is 5.96 Å². The van der Waals surface area contributed by atoms with Crippen molar-refractivity contribution < 1.29 is 18.3 Å². The van der Waals surface area contributed by atoms with Crippen molar-refractivity contribution in [3.05, 3.63) is 0 Å². The predicted molar refractivity (Wildman–Crippen MR) is 79.5 cm³/mol. The molecule has 2 aliphatic carbocycles. The van der Waals surface area contributed by atoms with Crippen molar-refractivity contribution in [2.45, 2.75) is 75.6 Å². The zero-order valence-corrected chi connectivity index (χ0v) is 12.8. The topological polar surface area (TPSA) is 70.6 Å². The predicted octanol–water partition coefficient (Wildman–Crippen LogP) is 2.71. The number of alkyl halides is 3. The first-order chi connectivity index (χ1) is 10.3. The molecule has 0 saturated heterocycles. The molecule has 0 bridgehead atoms. The SMILES string of the molecule is NC(=NCC1(O)CCCC(C(F)(F)F)C1)NC1CCCCC1. The minimum absolute atomic E-state index is 0.0644. The molecule has 0 aromatic rings. The van der Waals surface area contributed by atoms with Gasteiger partial charge in [0, 0.05) is 6.04 Å². The van der Waals surface area contributed by atoms with E-state index in [-0.39, 0.29) is 25.3 Å². The minimum Gasteiger partial charge on any atom is -0.388 e. The highest BCUT2D eigenvalue weighted by atomic mass is 19.4. The van der Waals surface area contributed by atoms with E-state index in [9.17, 15) is 18.3 Å². The number of hydrogen-bond acceptors (Lipinski definition) is 2. The summed E-state index contributed by atoms with van der Waals surface area (Å²) in [5.41, 5.74) is 4.42. The van der Waals surface area contributed by atoms with Crippen LogP contribution in [0.3, 0.4) is 0 Å². The molecule has 2 fully saturated rings. The van der Waals surface area contributed by atoms with Gasteiger partial charge in [0.05, 0.1) is 18.1 Å². The Balaban J connectivity index is 1.86. The lowest BCUT2D eigenvalue weighted by molar-refractivity contribution is -0.199. The van der Waals surface area contributed by atoms with Gasteiger partial charge in [-0.3, -0.25) is 4.99 Å². The summed E-state index contributed by atoms with van der Waals surface area (Å²) in [7, 11) is 0. The average molecular weight is 321 g/mol. The number of hydrogen-bond donors (Lipinski definition) is 3. The van der Waals surface area contributed by atoms with E-state index in [0.29, 0.717) is 18.9 Å². The Morgan fingerprint density at radius 2 is 1.86 bits per heavy atom. The second-order valence-corrected chi connectivity index (χ2v) is 6.74. The van der Waals surface area contributed by atoms with E-state index < -0.39 is 17.7 Å². The van der Waals surface area contributed by atoms with E-state index in [1.54, 1.807) is 0 Å². The van der Waals surface area contributed by atoms with E-state index in [2.05, 4.69) is 10.3 Å². The van der Waals surface area contributed by atoms with Crippen LogP contribution in [-0.4, -0.2) is 35.4 Å². The summed E-state index contributed by atoms with van der Waals surface area (Å²) in [6.07, 6.45) is 1.89. The van der Waals surface area contributed by atoms with Crippen LogP contribution in [0.25, 0.3) is 0 Å². The van der Waals surface area contributed by atoms with Crippen LogP contribution in [0.15, 0.2) is 4.99 Å². The standard InChI is InChI=1S/C15H26F3N3O/c16-15(17,18)11-5-4-8-14(22,9-11)10-20-13(19)21-12-6-2-1-3-7-12/h11-12,22H,1-10H2,(H3,19,20,21). The molecule has 2 rings (SSSR count). The molecule has 4 N–H and O–H groups in total. The summed E-state index contributed by atoms with van der Waals surface area (Å²) in [4.78, 5) is 4.10. The number of aliphatic imine (C=N–C) groups is 1. The van der Waals surface area contributed by atoms with Crippen molar-refractivity contribution in [3.63, 3.8) is 0 Å². The van der Waals surface area contributed by atoms with E-state index in [1.807, 2.05) is 0 Å². The van der Waals surface area contributed by atoms with Gasteiger partial charge in [-0.05, 0) is 38.5 Å². The van der Waals surface area contributed by atoms with Gasteiger partial charge >= 0.3 is 6.18 Å². The molecule has 2 aliphatic rings. The lowest BCUT2D eigenvalue weighted by Crippen LogP contribution is -2.45. The largest absolute Gasteiger partial charge is 0.391 e. The first-order valence-corrected chi connectivity index (χ1v) is 8.14. The van der Waals surface area contributed by atoms with E-state index in [1.165, 1.54) is 6.42 Å². The Kier molecular flexibility index (Phi) is 5.58. The summed E-state index contributed by atoms with van der Waals surface area (Å²) in [6, 6.07) is 0.293. The third-order valence-electron chi connectivity index (χ3n) is 4.78. The summed E-state index contributed by atoms with van der Waals surface area (Å²) in [6.45, 7) is -0.0644. The van der Waals surface area contributed by atoms with Crippen LogP contribution in [0.5, 0.6) is 0 Å². The van der Waals surface area contributed by atoms with Crippen LogP contribution in [0.2, 0.25) is 0 Å². The molecule has 0 aromatic carbocycles. The smallest absolute Gasteiger partial charge is 0.388 e. The molecule has 2 unspecified atom stereocenters. The normalized spacial score (nSPS) is 32.0. The lowest BCUT2D eigenvalue weighted by Gasteiger charge is -2.36. The Labute approximate surface area is 129 Å². The number of halogens is 3. The highest BCUT2D eigenvalue weighted by Gasteiger charge is 2.46. The van der Waals surface area contributed by atoms with Crippen molar-refractivity contribution in [2.24, 2.45) is 16.6 Å². The maximum atomic E-state index is 12.8. The van der Waals surface area contributed by atoms with Gasteiger partial charge in [0.25, 0.3) is 0 Å². The number of nitrogens with two attached hydrogens (primary N) is 1. The molecular weight excluding hydrogens is 295 g/mol. The molecule has 0 aliphatic heterocycles. The molecular formula is C15H26F3N3O. The minimum atomic E-state index is -4.25. The molecule has 0 spiro atoms. The maximum absolute atomic E-state index is 12.8. The quantitative estimate of drug-likeness (QED) is 0.553. The summed E-state index contributed by atoms with van der Waals surface area (Å²) in [5, 5.41) is 13.5. The second kappa shape index (κ2) is 7.06. The van der Waals surface area contributed by atoms with Gasteiger partial charge in [0.2, 0.25) is 0 Å². The van der Waals surface area contributed by atoms with Crippen molar-refractivity contribution in [1.82, 2.24) is 5.32 Å². The van der Waals surface area contributed by atoms with Gasteiger partial charge < -0.3 is 16.2 Å². The molecule has 2 atom stereocenters. The Morgan fingerprint density at radius 3 is 2.50 bits per heavy atom. The highest BCUT2D eigenvalue weighted by molar-refractivity contribution is 5.78. The van der Waals surface area contributed by atoms with E-state index in [4.69, 9.17) is 5.73 Å². The molecule has 7 heteroatoms. The molecule has 128 valence electrons. The van der Waals surface area contributed by atoms with Crippen LogP contribution < -0.4 is 11.1 Å². The van der Waals surface area contributed by atoms with E-state index >= 15 is 0 Å². The van der Waals surface area contributed by atoms with Gasteiger partial charge in [0.1, 0.15) is 0 Å². The maximum Gasteiger partial charge on any atom is 0.391 e. The second-order valence-electron chi connectivity index (χ2n) is 6.74. The van der Waals surface area contributed by atoms with Crippen LogP contribution in [0, 0.1) is 5.92 Å². The number of guanidine groups is 1. The fourth-order valence-electron chi connectivity index (χ4n) is 3.50. The summed E-state index contributed by atoms with van der Waals surface area (Å²) >= 11 is 0. The van der Waals surface area contributed by atoms with Gasteiger partial charge in [-0.1, -0.05) is 19.3 Å². The molecule has 0 radical (unpaired) electrons. The monoisotopic (exact) mass is 321 g/mol. The van der Waals surface area contributed by atoms with Gasteiger partial charge in [-0.25, -0.2) is 0 Å². The van der Waals surface area contributed by atoms with Crippen LogP contribution in [-0.2, 0) is 0 Å². The Hall–Kier alpha value is -0.980. The Bertz CT molecular complexity index is 394. The zero-order chi connectivity index (χ0) is 16.2. The highest BCUT2D eigenvalue weighted by Crippen LogP contribution is 2.41.